The molecule has 4 nitrogen and oxygen atoms in total. The molecule has 0 saturated heterocycles. The summed E-state index contributed by atoms with van der Waals surface area (Å²) in [6, 6.07) is 16.8. The fourth-order valence-corrected chi connectivity index (χ4v) is 5.59. The Balaban J connectivity index is 1.60. The molecule has 0 fully saturated rings. The zero-order valence-electron chi connectivity index (χ0n) is 19.5. The van der Waals surface area contributed by atoms with E-state index >= 15 is 0 Å². The number of nitrogens with one attached hydrogen (secondary N) is 3. The van der Waals surface area contributed by atoms with Crippen LogP contribution in [0.15, 0.2) is 54.7 Å². The summed E-state index contributed by atoms with van der Waals surface area (Å²) in [5.41, 5.74) is 6.06. The van der Waals surface area contributed by atoms with Gasteiger partial charge in [0.15, 0.2) is 0 Å². The summed E-state index contributed by atoms with van der Waals surface area (Å²) in [5.74, 6) is 1.01. The summed E-state index contributed by atoms with van der Waals surface area (Å²) in [5, 5.41) is 6.13. The summed E-state index contributed by atoms with van der Waals surface area (Å²) < 4.78 is 0. The van der Waals surface area contributed by atoms with Crippen molar-refractivity contribution in [3.63, 3.8) is 0 Å². The molecule has 5 heteroatoms. The molecular formula is C28H33ClN4. The molecular weight excluding hydrogens is 428 g/mol. The Labute approximate surface area is 201 Å². The van der Waals surface area contributed by atoms with Gasteiger partial charge in [0.25, 0.3) is 0 Å². The van der Waals surface area contributed by atoms with Crippen LogP contribution in [0.2, 0.25) is 5.02 Å². The van der Waals surface area contributed by atoms with Crippen LogP contribution >= 0.6 is 11.6 Å². The highest BCUT2D eigenvalue weighted by Gasteiger charge is 2.42. The van der Waals surface area contributed by atoms with E-state index in [-0.39, 0.29) is 11.6 Å². The van der Waals surface area contributed by atoms with E-state index in [9.17, 15) is 0 Å². The van der Waals surface area contributed by atoms with E-state index in [4.69, 9.17) is 16.6 Å². The Morgan fingerprint density at radius 2 is 1.76 bits per heavy atom. The van der Waals surface area contributed by atoms with Crippen LogP contribution < -0.4 is 5.32 Å². The Hall–Kier alpha value is -2.56. The van der Waals surface area contributed by atoms with E-state index < -0.39 is 0 Å². The summed E-state index contributed by atoms with van der Waals surface area (Å²) in [6.07, 6.45) is 9.81. The average Bonchev–Trinajstić information content (AvgIpc) is 3.48. The number of unbranched alkanes of at least 4 members (excludes halogenated alkanes) is 2. The van der Waals surface area contributed by atoms with E-state index in [1.165, 1.54) is 47.8 Å². The van der Waals surface area contributed by atoms with Crippen molar-refractivity contribution in [3.05, 3.63) is 76.8 Å². The van der Waals surface area contributed by atoms with Crippen molar-refractivity contribution in [3.8, 4) is 11.3 Å². The van der Waals surface area contributed by atoms with Gasteiger partial charge in [-0.25, -0.2) is 4.98 Å². The maximum Gasteiger partial charge on any atom is 0.124 e. The number of benzene rings is 2. The van der Waals surface area contributed by atoms with E-state index in [0.29, 0.717) is 0 Å². The molecule has 2 aromatic carbocycles. The lowest BCUT2D eigenvalue weighted by Crippen LogP contribution is -2.49. The number of halogens is 1. The SMILES string of the molecule is CCCCC1(CCCC)N[C@H](c2ncc(-c3ccccc3)[nH]2)Cc2c1[nH]c1ccc(Cl)cc21. The van der Waals surface area contributed by atoms with Gasteiger partial charge in [-0.3, -0.25) is 5.32 Å². The van der Waals surface area contributed by atoms with Gasteiger partial charge < -0.3 is 9.97 Å². The number of fused-ring (bicyclic) bond motifs is 3. The molecule has 0 spiro atoms. The van der Waals surface area contributed by atoms with Crippen LogP contribution in [-0.2, 0) is 12.0 Å². The maximum atomic E-state index is 6.43. The fraction of sp³-hybridized carbons (Fsp3) is 0.393. The summed E-state index contributed by atoms with van der Waals surface area (Å²) in [7, 11) is 0. The van der Waals surface area contributed by atoms with Gasteiger partial charge in [0.1, 0.15) is 5.82 Å². The van der Waals surface area contributed by atoms with E-state index in [1.54, 1.807) is 0 Å². The average molecular weight is 461 g/mol. The normalized spacial score (nSPS) is 17.4. The number of rotatable bonds is 8. The first kappa shape index (κ1) is 22.2. The lowest BCUT2D eigenvalue weighted by atomic mass is 9.77. The predicted octanol–water partition coefficient (Wildman–Crippen LogP) is 7.67. The molecule has 1 atom stereocenters. The third-order valence-corrected chi connectivity index (χ3v) is 7.37. The van der Waals surface area contributed by atoms with Crippen LogP contribution in [0.5, 0.6) is 0 Å². The number of aromatic nitrogens is 3. The van der Waals surface area contributed by atoms with E-state index in [2.05, 4.69) is 65.5 Å². The van der Waals surface area contributed by atoms with Crippen LogP contribution in [0.3, 0.4) is 0 Å². The minimum Gasteiger partial charge on any atom is -0.357 e. The molecule has 3 N–H and O–H groups in total. The van der Waals surface area contributed by atoms with Crippen molar-refractivity contribution < 1.29 is 0 Å². The minimum absolute atomic E-state index is 0.0878. The largest absolute Gasteiger partial charge is 0.357 e. The zero-order valence-corrected chi connectivity index (χ0v) is 20.3. The van der Waals surface area contributed by atoms with Gasteiger partial charge in [0, 0.05) is 21.6 Å². The van der Waals surface area contributed by atoms with Crippen LogP contribution in [0.4, 0.5) is 0 Å². The second-order valence-corrected chi connectivity index (χ2v) is 9.84. The fourth-order valence-electron chi connectivity index (χ4n) is 5.42. The van der Waals surface area contributed by atoms with Gasteiger partial charge in [-0.15, -0.1) is 0 Å². The van der Waals surface area contributed by atoms with Crippen LogP contribution in [0.1, 0.15) is 75.5 Å². The smallest absolute Gasteiger partial charge is 0.124 e. The second kappa shape index (κ2) is 9.36. The molecule has 0 amide bonds. The molecule has 0 radical (unpaired) electrons. The quantitative estimate of drug-likeness (QED) is 0.252. The van der Waals surface area contributed by atoms with Crippen molar-refractivity contribution >= 4 is 22.5 Å². The van der Waals surface area contributed by atoms with Crippen molar-refractivity contribution in [1.82, 2.24) is 20.3 Å². The Kier molecular flexibility index (Phi) is 6.31. The van der Waals surface area contributed by atoms with Crippen LogP contribution in [-0.4, -0.2) is 15.0 Å². The first-order valence-corrected chi connectivity index (χ1v) is 12.7. The van der Waals surface area contributed by atoms with Gasteiger partial charge in [-0.05, 0) is 48.6 Å². The molecule has 5 rings (SSSR count). The zero-order chi connectivity index (χ0) is 22.8. The van der Waals surface area contributed by atoms with Crippen molar-refractivity contribution in [1.29, 1.82) is 0 Å². The topological polar surface area (TPSA) is 56.5 Å². The highest BCUT2D eigenvalue weighted by Crippen LogP contribution is 2.44. The second-order valence-electron chi connectivity index (χ2n) is 9.41. The van der Waals surface area contributed by atoms with Crippen molar-refractivity contribution in [2.45, 2.75) is 70.4 Å². The highest BCUT2D eigenvalue weighted by molar-refractivity contribution is 6.31. The van der Waals surface area contributed by atoms with Crippen molar-refractivity contribution in [2.24, 2.45) is 0 Å². The monoisotopic (exact) mass is 460 g/mol. The number of imidazole rings is 1. The Bertz CT molecular complexity index is 1220. The Morgan fingerprint density at radius 1 is 1.00 bits per heavy atom. The molecule has 2 aromatic heterocycles. The van der Waals surface area contributed by atoms with Gasteiger partial charge in [-0.2, -0.15) is 0 Å². The molecule has 1 aliphatic heterocycles. The third-order valence-electron chi connectivity index (χ3n) is 7.13. The van der Waals surface area contributed by atoms with Gasteiger partial charge in [-0.1, -0.05) is 81.5 Å². The van der Waals surface area contributed by atoms with Crippen LogP contribution in [0.25, 0.3) is 22.2 Å². The molecule has 3 heterocycles. The van der Waals surface area contributed by atoms with Gasteiger partial charge in [0.05, 0.1) is 23.5 Å². The van der Waals surface area contributed by atoms with E-state index in [0.717, 1.165) is 41.4 Å². The number of hydrogen-bond acceptors (Lipinski definition) is 2. The minimum atomic E-state index is -0.0878. The lowest BCUT2D eigenvalue weighted by molar-refractivity contribution is 0.211. The van der Waals surface area contributed by atoms with E-state index in [1.807, 2.05) is 18.3 Å². The molecule has 0 bridgehead atoms. The summed E-state index contributed by atoms with van der Waals surface area (Å²) in [6.45, 7) is 4.55. The summed E-state index contributed by atoms with van der Waals surface area (Å²) >= 11 is 6.43. The molecule has 1 aliphatic rings. The first-order valence-electron chi connectivity index (χ1n) is 12.3. The van der Waals surface area contributed by atoms with Gasteiger partial charge in [0.2, 0.25) is 0 Å². The molecule has 0 aliphatic carbocycles. The van der Waals surface area contributed by atoms with Crippen molar-refractivity contribution in [2.75, 3.05) is 0 Å². The third kappa shape index (κ3) is 4.22. The standard InChI is InChI=1S/C28H33ClN4/c1-3-5-14-28(15-6-4-2)26-22(21-16-20(29)12-13-23(21)31-26)17-24(33-28)27-30-18-25(32-27)19-10-8-7-9-11-19/h7-13,16,18,24,31,33H,3-6,14-15,17H2,1-2H3,(H,30,32)/t24-/m0/s1. The number of nitrogens with zero attached hydrogens (tertiary/aromatic N) is 1. The molecule has 4 aromatic rings. The molecule has 33 heavy (non-hydrogen) atoms. The maximum absolute atomic E-state index is 6.43. The van der Waals surface area contributed by atoms with Gasteiger partial charge >= 0.3 is 0 Å². The molecule has 0 unspecified atom stereocenters. The van der Waals surface area contributed by atoms with Crippen LogP contribution in [0, 0.1) is 0 Å². The number of hydrogen-bond donors (Lipinski definition) is 3. The number of H-pyrrole nitrogens is 2. The Morgan fingerprint density at radius 3 is 2.48 bits per heavy atom. The first-order chi connectivity index (χ1) is 16.1. The predicted molar refractivity (Wildman–Crippen MR) is 138 cm³/mol. The number of aromatic amines is 2. The molecule has 0 saturated carbocycles. The lowest BCUT2D eigenvalue weighted by Gasteiger charge is -2.42. The molecule has 172 valence electrons. The summed E-state index contributed by atoms with van der Waals surface area (Å²) in [4.78, 5) is 12.3. The highest BCUT2D eigenvalue weighted by atomic mass is 35.5.